The van der Waals surface area contributed by atoms with Crippen LogP contribution in [-0.2, 0) is 6.54 Å². The zero-order valence-electron chi connectivity index (χ0n) is 7.40. The second kappa shape index (κ2) is 3.75. The average molecular weight is 180 g/mol. The van der Waals surface area contributed by atoms with Gasteiger partial charge in [0.25, 0.3) is 0 Å². The largest absolute Gasteiger partial charge is 0.384 e. The molecule has 1 rings (SSSR count). The second-order valence-electron chi connectivity index (χ2n) is 2.79. The third kappa shape index (κ3) is 2.62. The van der Waals surface area contributed by atoms with Crippen LogP contribution in [0.4, 0.5) is 10.6 Å². The minimum atomic E-state index is -0.461. The Morgan fingerprint density at radius 3 is 2.77 bits per heavy atom. The Labute approximate surface area is 76.3 Å². The molecular formula is C8H12N4O. The number of carbonyl (C=O) groups excluding carboxylic acids is 1. The number of anilines is 1. The number of hydrogen-bond donors (Lipinski definition) is 2. The van der Waals surface area contributed by atoms with E-state index in [0.29, 0.717) is 12.4 Å². The zero-order chi connectivity index (χ0) is 9.84. The summed E-state index contributed by atoms with van der Waals surface area (Å²) >= 11 is 0. The molecule has 13 heavy (non-hydrogen) atoms. The van der Waals surface area contributed by atoms with Gasteiger partial charge in [-0.2, -0.15) is 0 Å². The molecule has 0 aliphatic carbocycles. The summed E-state index contributed by atoms with van der Waals surface area (Å²) in [4.78, 5) is 16.0. The summed E-state index contributed by atoms with van der Waals surface area (Å²) < 4.78 is 0. The molecule has 0 aliphatic rings. The maximum atomic E-state index is 10.7. The molecule has 0 aromatic carbocycles. The molecule has 0 bridgehead atoms. The molecule has 5 heteroatoms. The van der Waals surface area contributed by atoms with E-state index in [0.717, 1.165) is 5.56 Å². The van der Waals surface area contributed by atoms with Gasteiger partial charge in [-0.1, -0.05) is 6.07 Å². The first-order valence-corrected chi connectivity index (χ1v) is 3.80. The Morgan fingerprint density at radius 2 is 2.31 bits per heavy atom. The molecule has 1 aromatic rings. The lowest BCUT2D eigenvalue weighted by atomic mass is 10.3. The van der Waals surface area contributed by atoms with Gasteiger partial charge in [0.15, 0.2) is 0 Å². The van der Waals surface area contributed by atoms with Crippen LogP contribution < -0.4 is 11.5 Å². The number of rotatable bonds is 2. The standard InChI is InChI=1S/C8H12N4O/c1-12(8(10)13)5-6-2-3-7(9)11-4-6/h2-4H,5H2,1H3,(H2,9,11)(H2,10,13). The molecule has 0 fully saturated rings. The third-order valence-corrected chi connectivity index (χ3v) is 1.64. The summed E-state index contributed by atoms with van der Waals surface area (Å²) in [7, 11) is 1.62. The van der Waals surface area contributed by atoms with E-state index in [9.17, 15) is 4.79 Å². The number of hydrogen-bond acceptors (Lipinski definition) is 3. The summed E-state index contributed by atoms with van der Waals surface area (Å²) in [5, 5.41) is 0. The lowest BCUT2D eigenvalue weighted by molar-refractivity contribution is 0.216. The minimum Gasteiger partial charge on any atom is -0.384 e. The van der Waals surface area contributed by atoms with Gasteiger partial charge in [-0.15, -0.1) is 0 Å². The van der Waals surface area contributed by atoms with Crippen molar-refractivity contribution in [3.8, 4) is 0 Å². The minimum absolute atomic E-state index is 0.447. The number of nitrogen functional groups attached to an aromatic ring is 1. The number of aromatic nitrogens is 1. The molecule has 0 atom stereocenters. The van der Waals surface area contributed by atoms with E-state index >= 15 is 0 Å². The summed E-state index contributed by atoms with van der Waals surface area (Å²) in [5.41, 5.74) is 11.4. The first-order chi connectivity index (χ1) is 6.09. The fourth-order valence-electron chi connectivity index (χ4n) is 0.881. The number of nitrogens with zero attached hydrogens (tertiary/aromatic N) is 2. The van der Waals surface area contributed by atoms with Crippen LogP contribution in [-0.4, -0.2) is 23.0 Å². The molecule has 5 nitrogen and oxygen atoms in total. The quantitative estimate of drug-likeness (QED) is 0.680. The van der Waals surface area contributed by atoms with E-state index in [4.69, 9.17) is 11.5 Å². The normalized spacial score (nSPS) is 9.62. The zero-order valence-corrected chi connectivity index (χ0v) is 7.40. The lowest BCUT2D eigenvalue weighted by Gasteiger charge is -2.13. The van der Waals surface area contributed by atoms with E-state index in [1.165, 1.54) is 4.90 Å². The Kier molecular flexibility index (Phi) is 2.69. The molecule has 1 aromatic heterocycles. The Balaban J connectivity index is 2.64. The molecule has 4 N–H and O–H groups in total. The van der Waals surface area contributed by atoms with Crippen LogP contribution in [0.15, 0.2) is 18.3 Å². The molecule has 2 amide bonds. The first-order valence-electron chi connectivity index (χ1n) is 3.80. The highest BCUT2D eigenvalue weighted by Gasteiger charge is 2.03. The highest BCUT2D eigenvalue weighted by Crippen LogP contribution is 2.03. The van der Waals surface area contributed by atoms with Crippen molar-refractivity contribution in [1.82, 2.24) is 9.88 Å². The van der Waals surface area contributed by atoms with Gasteiger partial charge in [0.1, 0.15) is 5.82 Å². The highest BCUT2D eigenvalue weighted by atomic mass is 16.2. The SMILES string of the molecule is CN(Cc1ccc(N)nc1)C(N)=O. The van der Waals surface area contributed by atoms with Gasteiger partial charge >= 0.3 is 6.03 Å². The molecule has 0 unspecified atom stereocenters. The lowest BCUT2D eigenvalue weighted by Crippen LogP contribution is -2.31. The van der Waals surface area contributed by atoms with E-state index in [-0.39, 0.29) is 0 Å². The number of nitrogens with two attached hydrogens (primary N) is 2. The molecule has 0 aliphatic heterocycles. The monoisotopic (exact) mass is 180 g/mol. The first kappa shape index (κ1) is 9.31. The fraction of sp³-hybridized carbons (Fsp3) is 0.250. The molecular weight excluding hydrogens is 168 g/mol. The maximum absolute atomic E-state index is 10.7. The van der Waals surface area contributed by atoms with Gasteiger partial charge in [0.2, 0.25) is 0 Å². The van der Waals surface area contributed by atoms with E-state index in [1.807, 2.05) is 6.07 Å². The predicted molar refractivity (Wildman–Crippen MR) is 49.7 cm³/mol. The van der Waals surface area contributed by atoms with Crippen molar-refractivity contribution in [2.75, 3.05) is 12.8 Å². The van der Waals surface area contributed by atoms with Crippen molar-refractivity contribution in [1.29, 1.82) is 0 Å². The summed E-state index contributed by atoms with van der Waals surface area (Å²) in [6.07, 6.45) is 1.62. The van der Waals surface area contributed by atoms with Crippen LogP contribution in [0.2, 0.25) is 0 Å². The highest BCUT2D eigenvalue weighted by molar-refractivity contribution is 5.71. The van der Waals surface area contributed by atoms with Crippen LogP contribution in [0.3, 0.4) is 0 Å². The van der Waals surface area contributed by atoms with Crippen molar-refractivity contribution in [3.63, 3.8) is 0 Å². The summed E-state index contributed by atoms with van der Waals surface area (Å²) in [6.45, 7) is 0.447. The molecule has 0 saturated carbocycles. The van der Waals surface area contributed by atoms with Gasteiger partial charge in [0.05, 0.1) is 0 Å². The number of carbonyl (C=O) groups is 1. The van der Waals surface area contributed by atoms with Crippen LogP contribution in [0.25, 0.3) is 0 Å². The maximum Gasteiger partial charge on any atom is 0.314 e. The van der Waals surface area contributed by atoms with Gasteiger partial charge < -0.3 is 16.4 Å². The van der Waals surface area contributed by atoms with Gasteiger partial charge in [-0.25, -0.2) is 9.78 Å². The number of pyridine rings is 1. The van der Waals surface area contributed by atoms with E-state index < -0.39 is 6.03 Å². The molecule has 0 radical (unpaired) electrons. The smallest absolute Gasteiger partial charge is 0.314 e. The van der Waals surface area contributed by atoms with E-state index in [1.54, 1.807) is 19.3 Å². The Bertz CT molecular complexity index is 296. The topological polar surface area (TPSA) is 85.2 Å². The van der Waals surface area contributed by atoms with Crippen LogP contribution in [0.5, 0.6) is 0 Å². The number of urea groups is 1. The summed E-state index contributed by atoms with van der Waals surface area (Å²) in [5.74, 6) is 0.463. The van der Waals surface area contributed by atoms with Crippen LogP contribution in [0, 0.1) is 0 Å². The van der Waals surface area contributed by atoms with E-state index in [2.05, 4.69) is 4.98 Å². The third-order valence-electron chi connectivity index (χ3n) is 1.64. The fourth-order valence-corrected chi connectivity index (χ4v) is 0.881. The number of amides is 2. The summed E-state index contributed by atoms with van der Waals surface area (Å²) in [6, 6.07) is 3.03. The number of primary amides is 1. The van der Waals surface area contributed by atoms with Crippen molar-refractivity contribution >= 4 is 11.8 Å². The van der Waals surface area contributed by atoms with Gasteiger partial charge in [0, 0.05) is 19.8 Å². The Morgan fingerprint density at radius 1 is 1.62 bits per heavy atom. The predicted octanol–water partition coefficient (Wildman–Crippen LogP) is 0.174. The average Bonchev–Trinajstić information content (AvgIpc) is 2.08. The Hall–Kier alpha value is -1.78. The molecule has 70 valence electrons. The van der Waals surface area contributed by atoms with Crippen LogP contribution in [0.1, 0.15) is 5.56 Å². The molecule has 1 heterocycles. The van der Waals surface area contributed by atoms with Crippen molar-refractivity contribution in [2.24, 2.45) is 5.73 Å². The van der Waals surface area contributed by atoms with Crippen molar-refractivity contribution in [2.45, 2.75) is 6.54 Å². The van der Waals surface area contributed by atoms with Crippen LogP contribution >= 0.6 is 0 Å². The van der Waals surface area contributed by atoms with Gasteiger partial charge in [-0.05, 0) is 11.6 Å². The second-order valence-corrected chi connectivity index (χ2v) is 2.79. The molecule has 0 saturated heterocycles. The van der Waals surface area contributed by atoms with Gasteiger partial charge in [-0.3, -0.25) is 0 Å². The van der Waals surface area contributed by atoms with Crippen molar-refractivity contribution in [3.05, 3.63) is 23.9 Å². The van der Waals surface area contributed by atoms with Crippen molar-refractivity contribution < 1.29 is 4.79 Å². The molecule has 0 spiro atoms.